The predicted octanol–water partition coefficient (Wildman–Crippen LogP) is 0.785. The lowest BCUT2D eigenvalue weighted by atomic mass is 10.2. The van der Waals surface area contributed by atoms with Crippen LogP contribution in [0.4, 0.5) is 0 Å². The fourth-order valence-corrected chi connectivity index (χ4v) is 3.40. The van der Waals surface area contributed by atoms with Crippen LogP contribution in [0.15, 0.2) is 4.42 Å². The van der Waals surface area contributed by atoms with E-state index in [4.69, 9.17) is 4.42 Å². The summed E-state index contributed by atoms with van der Waals surface area (Å²) < 4.78 is 5.48. The standard InChI is InChI=1S/C16H26N6O2/c1-5-22(9-16-20-19-12(4)24-16)14-7-21(8-15(14)23)6-13-10(2)17-18-11(13)3/h14-15,23H,5-9H2,1-4H3,(H,17,18)/t14-,15+/m0/s1. The predicted molar refractivity (Wildman–Crippen MR) is 88.3 cm³/mol. The molecular formula is C16H26N6O2. The minimum atomic E-state index is -0.388. The number of β-amino-alcohol motifs (C(OH)–C–C–N with tert-alkyl or cyclic N) is 1. The first-order valence-electron chi connectivity index (χ1n) is 8.41. The molecule has 8 nitrogen and oxygen atoms in total. The van der Waals surface area contributed by atoms with Crippen LogP contribution in [0.1, 0.15) is 35.7 Å². The lowest BCUT2D eigenvalue weighted by Crippen LogP contribution is -2.42. The number of aryl methyl sites for hydroxylation is 3. The summed E-state index contributed by atoms with van der Waals surface area (Å²) in [7, 11) is 0. The fourth-order valence-electron chi connectivity index (χ4n) is 3.40. The van der Waals surface area contributed by atoms with Crippen LogP contribution in [-0.2, 0) is 13.1 Å². The molecule has 0 amide bonds. The van der Waals surface area contributed by atoms with Crippen LogP contribution < -0.4 is 0 Å². The summed E-state index contributed by atoms with van der Waals surface area (Å²) in [4.78, 5) is 4.48. The molecule has 1 aliphatic rings. The third kappa shape index (κ3) is 3.50. The SMILES string of the molecule is CCN(Cc1nnc(C)o1)[C@H]1CN(Cc2c(C)n[nH]c2C)C[C@H]1O. The van der Waals surface area contributed by atoms with Crippen LogP contribution in [0.3, 0.4) is 0 Å². The summed E-state index contributed by atoms with van der Waals surface area (Å²) in [6, 6.07) is 0.0646. The number of likely N-dealkylation sites (tertiary alicyclic amines) is 1. The van der Waals surface area contributed by atoms with E-state index in [1.165, 1.54) is 5.56 Å². The number of aliphatic hydroxyl groups excluding tert-OH is 1. The number of H-pyrrole nitrogens is 1. The molecule has 2 aromatic heterocycles. The Labute approximate surface area is 141 Å². The fraction of sp³-hybridized carbons (Fsp3) is 0.688. The maximum absolute atomic E-state index is 10.5. The highest BCUT2D eigenvalue weighted by Gasteiger charge is 2.35. The quantitative estimate of drug-likeness (QED) is 0.806. The highest BCUT2D eigenvalue weighted by atomic mass is 16.4. The van der Waals surface area contributed by atoms with Crippen LogP contribution in [0.5, 0.6) is 0 Å². The Bertz CT molecular complexity index is 662. The summed E-state index contributed by atoms with van der Waals surface area (Å²) >= 11 is 0. The van der Waals surface area contributed by atoms with Crippen molar-refractivity contribution >= 4 is 0 Å². The van der Waals surface area contributed by atoms with Crippen molar-refractivity contribution in [2.45, 2.75) is 52.9 Å². The highest BCUT2D eigenvalue weighted by Crippen LogP contribution is 2.22. The molecule has 2 atom stereocenters. The molecular weight excluding hydrogens is 308 g/mol. The average molecular weight is 334 g/mol. The van der Waals surface area contributed by atoms with Gasteiger partial charge in [0.2, 0.25) is 11.8 Å². The van der Waals surface area contributed by atoms with Gasteiger partial charge in [-0.3, -0.25) is 14.9 Å². The van der Waals surface area contributed by atoms with E-state index in [-0.39, 0.29) is 12.1 Å². The van der Waals surface area contributed by atoms with E-state index in [1.807, 2.05) is 13.8 Å². The summed E-state index contributed by atoms with van der Waals surface area (Å²) in [5, 5.41) is 25.8. The molecule has 1 fully saturated rings. The van der Waals surface area contributed by atoms with E-state index < -0.39 is 0 Å². The van der Waals surface area contributed by atoms with Gasteiger partial charge in [0.15, 0.2) is 0 Å². The van der Waals surface area contributed by atoms with E-state index in [0.29, 0.717) is 24.9 Å². The summed E-state index contributed by atoms with van der Waals surface area (Å²) in [6.45, 7) is 11.6. The average Bonchev–Trinajstić information content (AvgIpc) is 3.21. The van der Waals surface area contributed by atoms with Gasteiger partial charge in [-0.25, -0.2) is 0 Å². The molecule has 2 N–H and O–H groups in total. The Hall–Kier alpha value is -1.77. The number of nitrogens with one attached hydrogen (secondary N) is 1. The Morgan fingerprint density at radius 2 is 2.08 bits per heavy atom. The van der Waals surface area contributed by atoms with Crippen LogP contribution in [0.25, 0.3) is 0 Å². The molecule has 0 aliphatic carbocycles. The second kappa shape index (κ2) is 7.00. The summed E-state index contributed by atoms with van der Waals surface area (Å²) in [6.07, 6.45) is -0.388. The Morgan fingerprint density at radius 3 is 2.67 bits per heavy atom. The highest BCUT2D eigenvalue weighted by molar-refractivity contribution is 5.23. The molecule has 0 spiro atoms. The molecule has 0 saturated carbocycles. The number of likely N-dealkylation sites (N-methyl/N-ethyl adjacent to an activating group) is 1. The second-order valence-corrected chi connectivity index (χ2v) is 6.52. The number of hydrogen-bond donors (Lipinski definition) is 2. The van der Waals surface area contributed by atoms with Crippen molar-refractivity contribution in [3.63, 3.8) is 0 Å². The van der Waals surface area contributed by atoms with Gasteiger partial charge in [0, 0.05) is 37.8 Å². The van der Waals surface area contributed by atoms with E-state index in [2.05, 4.69) is 37.1 Å². The van der Waals surface area contributed by atoms with Crippen molar-refractivity contribution in [1.82, 2.24) is 30.2 Å². The zero-order chi connectivity index (χ0) is 17.3. The molecule has 0 bridgehead atoms. The third-order valence-electron chi connectivity index (χ3n) is 4.78. The topological polar surface area (TPSA) is 94.3 Å². The first kappa shape index (κ1) is 17.1. The van der Waals surface area contributed by atoms with Crippen molar-refractivity contribution in [1.29, 1.82) is 0 Å². The minimum absolute atomic E-state index is 0.0646. The van der Waals surface area contributed by atoms with Crippen molar-refractivity contribution in [2.75, 3.05) is 19.6 Å². The first-order valence-corrected chi connectivity index (χ1v) is 8.41. The number of aromatic amines is 1. The Balaban J connectivity index is 1.65. The van der Waals surface area contributed by atoms with Crippen molar-refractivity contribution < 1.29 is 9.52 Å². The van der Waals surface area contributed by atoms with Crippen LogP contribution >= 0.6 is 0 Å². The number of hydrogen-bond acceptors (Lipinski definition) is 7. The number of aliphatic hydroxyl groups is 1. The summed E-state index contributed by atoms with van der Waals surface area (Å²) in [5.74, 6) is 1.17. The zero-order valence-electron chi connectivity index (χ0n) is 14.8. The second-order valence-electron chi connectivity index (χ2n) is 6.52. The van der Waals surface area contributed by atoms with Gasteiger partial charge in [-0.2, -0.15) is 5.10 Å². The maximum Gasteiger partial charge on any atom is 0.230 e. The van der Waals surface area contributed by atoms with Crippen LogP contribution in [0, 0.1) is 20.8 Å². The zero-order valence-corrected chi connectivity index (χ0v) is 14.8. The molecule has 0 unspecified atom stereocenters. The Morgan fingerprint density at radius 1 is 1.29 bits per heavy atom. The molecule has 132 valence electrons. The normalized spacial score (nSPS) is 21.9. The van der Waals surface area contributed by atoms with Crippen molar-refractivity contribution in [2.24, 2.45) is 0 Å². The van der Waals surface area contributed by atoms with Gasteiger partial charge in [-0.05, 0) is 20.4 Å². The van der Waals surface area contributed by atoms with Gasteiger partial charge < -0.3 is 9.52 Å². The largest absolute Gasteiger partial charge is 0.424 e. The monoisotopic (exact) mass is 334 g/mol. The number of nitrogens with zero attached hydrogens (tertiary/aromatic N) is 5. The molecule has 0 radical (unpaired) electrons. The molecule has 3 rings (SSSR count). The van der Waals surface area contributed by atoms with Crippen molar-refractivity contribution in [3.05, 3.63) is 28.7 Å². The molecule has 8 heteroatoms. The van der Waals surface area contributed by atoms with Gasteiger partial charge in [0.05, 0.1) is 24.4 Å². The molecule has 2 aromatic rings. The van der Waals surface area contributed by atoms with E-state index in [9.17, 15) is 5.11 Å². The lowest BCUT2D eigenvalue weighted by molar-refractivity contribution is 0.0760. The molecule has 24 heavy (non-hydrogen) atoms. The maximum atomic E-state index is 10.5. The molecule has 1 saturated heterocycles. The molecule has 3 heterocycles. The van der Waals surface area contributed by atoms with Crippen LogP contribution in [0.2, 0.25) is 0 Å². The van der Waals surface area contributed by atoms with Gasteiger partial charge in [0.25, 0.3) is 0 Å². The van der Waals surface area contributed by atoms with Gasteiger partial charge >= 0.3 is 0 Å². The van der Waals surface area contributed by atoms with Crippen molar-refractivity contribution in [3.8, 4) is 0 Å². The van der Waals surface area contributed by atoms with E-state index in [0.717, 1.165) is 31.0 Å². The summed E-state index contributed by atoms with van der Waals surface area (Å²) in [5.41, 5.74) is 3.34. The van der Waals surface area contributed by atoms with E-state index >= 15 is 0 Å². The third-order valence-corrected chi connectivity index (χ3v) is 4.78. The smallest absolute Gasteiger partial charge is 0.230 e. The van der Waals surface area contributed by atoms with E-state index in [1.54, 1.807) is 6.92 Å². The minimum Gasteiger partial charge on any atom is -0.424 e. The Kier molecular flexibility index (Phi) is 4.98. The van der Waals surface area contributed by atoms with Gasteiger partial charge in [-0.15, -0.1) is 10.2 Å². The number of aromatic nitrogens is 4. The number of rotatable bonds is 6. The van der Waals surface area contributed by atoms with Crippen LogP contribution in [-0.4, -0.2) is 67.1 Å². The molecule has 1 aliphatic heterocycles. The first-order chi connectivity index (χ1) is 11.5. The lowest BCUT2D eigenvalue weighted by Gasteiger charge is -2.28. The van der Waals surface area contributed by atoms with Gasteiger partial charge in [-0.1, -0.05) is 6.92 Å². The molecule has 0 aromatic carbocycles. The van der Waals surface area contributed by atoms with Gasteiger partial charge in [0.1, 0.15) is 0 Å².